The average Bonchev–Trinajstić information content (AvgIpc) is 2.42. The molecular formula is C13H12FN5. The van der Waals surface area contributed by atoms with Crippen molar-refractivity contribution in [2.45, 2.75) is 6.42 Å². The molecule has 0 radical (unpaired) electrons. The van der Waals surface area contributed by atoms with E-state index in [0.29, 0.717) is 30.2 Å². The van der Waals surface area contributed by atoms with Gasteiger partial charge in [-0.1, -0.05) is 18.2 Å². The molecule has 0 unspecified atom stereocenters. The number of nitrogens with one attached hydrogen (secondary N) is 2. The number of rotatable bonds is 5. The van der Waals surface area contributed by atoms with E-state index in [2.05, 4.69) is 20.6 Å². The standard InChI is InChI=1S/C13H12FN5/c14-11-4-2-1-3-10(11)5-6-16-12-7-13(17-8-15)19-9-18-12/h1-4,7,9H,5-6H2,(H2,16,17,18,19). The largest absolute Gasteiger partial charge is 0.370 e. The Hall–Kier alpha value is -2.68. The molecule has 0 aliphatic carbocycles. The molecule has 0 aliphatic rings. The maximum absolute atomic E-state index is 13.4. The number of nitrogens with zero attached hydrogens (tertiary/aromatic N) is 3. The Balaban J connectivity index is 1.91. The summed E-state index contributed by atoms with van der Waals surface area (Å²) in [6, 6.07) is 8.27. The predicted molar refractivity (Wildman–Crippen MR) is 69.9 cm³/mol. The first-order valence-corrected chi connectivity index (χ1v) is 5.74. The molecule has 2 aromatic rings. The van der Waals surface area contributed by atoms with Crippen molar-refractivity contribution in [1.82, 2.24) is 9.97 Å². The number of nitriles is 1. The Morgan fingerprint density at radius 1 is 1.21 bits per heavy atom. The van der Waals surface area contributed by atoms with Gasteiger partial charge >= 0.3 is 0 Å². The smallest absolute Gasteiger partial charge is 0.182 e. The lowest BCUT2D eigenvalue weighted by Crippen LogP contribution is -2.08. The summed E-state index contributed by atoms with van der Waals surface area (Å²) in [7, 11) is 0. The van der Waals surface area contributed by atoms with Gasteiger partial charge < -0.3 is 5.32 Å². The lowest BCUT2D eigenvalue weighted by molar-refractivity contribution is 0.610. The number of anilines is 2. The molecule has 0 atom stereocenters. The predicted octanol–water partition coefficient (Wildman–Crippen LogP) is 2.16. The van der Waals surface area contributed by atoms with E-state index in [-0.39, 0.29) is 5.82 Å². The quantitative estimate of drug-likeness (QED) is 0.634. The van der Waals surface area contributed by atoms with Crippen LogP contribution in [0.25, 0.3) is 0 Å². The molecule has 5 nitrogen and oxygen atoms in total. The van der Waals surface area contributed by atoms with Crippen molar-refractivity contribution in [3.05, 3.63) is 48.0 Å². The molecule has 1 aromatic heterocycles. The maximum Gasteiger partial charge on any atom is 0.182 e. The van der Waals surface area contributed by atoms with E-state index in [0.717, 1.165) is 0 Å². The zero-order valence-electron chi connectivity index (χ0n) is 10.1. The number of benzene rings is 1. The zero-order chi connectivity index (χ0) is 13.5. The van der Waals surface area contributed by atoms with Crippen molar-refractivity contribution in [2.24, 2.45) is 0 Å². The molecule has 2 rings (SSSR count). The van der Waals surface area contributed by atoms with Crippen LogP contribution in [0.1, 0.15) is 5.56 Å². The van der Waals surface area contributed by atoms with Crippen LogP contribution in [0, 0.1) is 17.3 Å². The fraction of sp³-hybridized carbons (Fsp3) is 0.154. The second kappa shape index (κ2) is 6.31. The first-order chi connectivity index (χ1) is 9.29. The van der Waals surface area contributed by atoms with Crippen LogP contribution in [0.5, 0.6) is 0 Å². The molecular weight excluding hydrogens is 245 g/mol. The van der Waals surface area contributed by atoms with Gasteiger partial charge in [0.25, 0.3) is 0 Å². The van der Waals surface area contributed by atoms with Gasteiger partial charge in [-0.2, -0.15) is 5.26 Å². The van der Waals surface area contributed by atoms with Crippen LogP contribution >= 0.6 is 0 Å². The van der Waals surface area contributed by atoms with E-state index in [4.69, 9.17) is 5.26 Å². The molecule has 0 amide bonds. The third-order valence-corrected chi connectivity index (χ3v) is 2.51. The summed E-state index contributed by atoms with van der Waals surface area (Å²) in [5.74, 6) is 0.800. The van der Waals surface area contributed by atoms with Crippen LogP contribution in [0.3, 0.4) is 0 Å². The highest BCUT2D eigenvalue weighted by atomic mass is 19.1. The van der Waals surface area contributed by atoms with Crippen molar-refractivity contribution in [3.8, 4) is 6.19 Å². The van der Waals surface area contributed by atoms with Crippen molar-refractivity contribution >= 4 is 11.6 Å². The SMILES string of the molecule is N#CNc1cc(NCCc2ccccc2F)ncn1. The van der Waals surface area contributed by atoms with Gasteiger partial charge in [0.1, 0.15) is 23.8 Å². The van der Waals surface area contributed by atoms with E-state index in [1.165, 1.54) is 12.4 Å². The van der Waals surface area contributed by atoms with Gasteiger partial charge in [0, 0.05) is 12.6 Å². The molecule has 0 spiro atoms. The van der Waals surface area contributed by atoms with Gasteiger partial charge in [-0.05, 0) is 18.1 Å². The van der Waals surface area contributed by atoms with Crippen LogP contribution in [0.2, 0.25) is 0 Å². The van der Waals surface area contributed by atoms with E-state index in [1.807, 2.05) is 0 Å². The Kier molecular flexibility index (Phi) is 4.24. The minimum atomic E-state index is -0.209. The Bertz CT molecular complexity index is 594. The summed E-state index contributed by atoms with van der Waals surface area (Å²) in [4.78, 5) is 7.87. The van der Waals surface area contributed by atoms with Gasteiger partial charge in [-0.25, -0.2) is 14.4 Å². The second-order valence-corrected chi connectivity index (χ2v) is 3.79. The number of hydrogen-bond acceptors (Lipinski definition) is 5. The fourth-order valence-corrected chi connectivity index (χ4v) is 1.61. The van der Waals surface area contributed by atoms with Gasteiger partial charge in [-0.15, -0.1) is 0 Å². The molecule has 1 aromatic carbocycles. The molecule has 0 bridgehead atoms. The van der Waals surface area contributed by atoms with Gasteiger partial charge in [0.2, 0.25) is 0 Å². The van der Waals surface area contributed by atoms with Gasteiger partial charge in [0.05, 0.1) is 0 Å². The average molecular weight is 257 g/mol. The van der Waals surface area contributed by atoms with E-state index < -0.39 is 0 Å². The van der Waals surface area contributed by atoms with Gasteiger partial charge in [0.15, 0.2) is 6.19 Å². The van der Waals surface area contributed by atoms with E-state index in [1.54, 1.807) is 30.5 Å². The van der Waals surface area contributed by atoms with Crippen molar-refractivity contribution in [2.75, 3.05) is 17.2 Å². The Morgan fingerprint density at radius 3 is 2.79 bits per heavy atom. The number of hydrogen-bond donors (Lipinski definition) is 2. The Morgan fingerprint density at radius 2 is 2.00 bits per heavy atom. The molecule has 2 N–H and O–H groups in total. The first-order valence-electron chi connectivity index (χ1n) is 5.74. The fourth-order valence-electron chi connectivity index (χ4n) is 1.61. The summed E-state index contributed by atoms with van der Waals surface area (Å²) in [5.41, 5.74) is 0.652. The maximum atomic E-state index is 13.4. The van der Waals surface area contributed by atoms with Gasteiger partial charge in [-0.3, -0.25) is 5.32 Å². The van der Waals surface area contributed by atoms with Crippen LogP contribution in [0.15, 0.2) is 36.7 Å². The summed E-state index contributed by atoms with van der Waals surface area (Å²) < 4.78 is 13.4. The summed E-state index contributed by atoms with van der Waals surface area (Å²) >= 11 is 0. The highest BCUT2D eigenvalue weighted by Crippen LogP contribution is 2.10. The Labute approximate surface area is 110 Å². The monoisotopic (exact) mass is 257 g/mol. The minimum absolute atomic E-state index is 0.209. The van der Waals surface area contributed by atoms with Crippen LogP contribution in [0.4, 0.5) is 16.0 Å². The minimum Gasteiger partial charge on any atom is -0.370 e. The molecule has 6 heteroatoms. The highest BCUT2D eigenvalue weighted by molar-refractivity contribution is 5.48. The third kappa shape index (κ3) is 3.64. The molecule has 19 heavy (non-hydrogen) atoms. The lowest BCUT2D eigenvalue weighted by Gasteiger charge is -2.06. The summed E-state index contributed by atoms with van der Waals surface area (Å²) in [6.07, 6.45) is 3.69. The molecule has 96 valence electrons. The molecule has 0 saturated carbocycles. The number of halogens is 1. The lowest BCUT2D eigenvalue weighted by atomic mass is 10.1. The van der Waals surface area contributed by atoms with E-state index in [9.17, 15) is 4.39 Å². The highest BCUT2D eigenvalue weighted by Gasteiger charge is 2.01. The second-order valence-electron chi connectivity index (χ2n) is 3.79. The summed E-state index contributed by atoms with van der Waals surface area (Å²) in [6.45, 7) is 0.546. The molecule has 1 heterocycles. The van der Waals surface area contributed by atoms with Crippen molar-refractivity contribution in [1.29, 1.82) is 5.26 Å². The zero-order valence-corrected chi connectivity index (χ0v) is 10.1. The first kappa shape index (κ1) is 12.8. The van der Waals surface area contributed by atoms with Crippen molar-refractivity contribution < 1.29 is 4.39 Å². The number of aromatic nitrogens is 2. The topological polar surface area (TPSA) is 73.6 Å². The van der Waals surface area contributed by atoms with Crippen LogP contribution < -0.4 is 10.6 Å². The van der Waals surface area contributed by atoms with Crippen molar-refractivity contribution in [3.63, 3.8) is 0 Å². The molecule has 0 fully saturated rings. The summed E-state index contributed by atoms with van der Waals surface area (Å²) in [5, 5.41) is 14.0. The third-order valence-electron chi connectivity index (χ3n) is 2.51. The van der Waals surface area contributed by atoms with E-state index >= 15 is 0 Å². The molecule has 0 saturated heterocycles. The van der Waals surface area contributed by atoms with Crippen LogP contribution in [-0.2, 0) is 6.42 Å². The normalized spacial score (nSPS) is 9.68. The van der Waals surface area contributed by atoms with Crippen LogP contribution in [-0.4, -0.2) is 16.5 Å². The molecule has 0 aliphatic heterocycles.